The fourth-order valence-electron chi connectivity index (χ4n) is 7.39. The Balaban J connectivity index is 0.00000722. The number of hydrogen-bond acceptors (Lipinski definition) is 3. The van der Waals surface area contributed by atoms with Crippen molar-refractivity contribution in [3.63, 3.8) is 0 Å². The third-order valence-corrected chi connectivity index (χ3v) is 10.4. The topological polar surface area (TPSA) is 39.9 Å². The van der Waals surface area contributed by atoms with Crippen LogP contribution in [0.5, 0.6) is 5.75 Å². The van der Waals surface area contributed by atoms with E-state index < -0.39 is 60.7 Å². The second kappa shape index (κ2) is 16.2. The van der Waals surface area contributed by atoms with Crippen LogP contribution in [0.15, 0.2) is 133 Å². The van der Waals surface area contributed by atoms with Crippen LogP contribution in [-0.2, 0) is 31.9 Å². The van der Waals surface area contributed by atoms with Gasteiger partial charge in [0, 0.05) is 21.5 Å². The van der Waals surface area contributed by atoms with Gasteiger partial charge < -0.3 is 4.74 Å². The van der Waals surface area contributed by atoms with Crippen molar-refractivity contribution in [1.29, 1.82) is 0 Å². The third-order valence-electron chi connectivity index (χ3n) is 10.4. The molecule has 0 bridgehead atoms. The fourth-order valence-corrected chi connectivity index (χ4v) is 7.39. The first kappa shape index (κ1) is 29.6. The summed E-state index contributed by atoms with van der Waals surface area (Å²) < 4.78 is 102. The van der Waals surface area contributed by atoms with Crippen molar-refractivity contribution in [1.82, 2.24) is 14.5 Å². The third kappa shape index (κ3) is 8.21. The second-order valence-electron chi connectivity index (χ2n) is 16.7. The Morgan fingerprint density at radius 2 is 1.42 bits per heavy atom. The zero-order chi connectivity index (χ0) is 50.4. The zero-order valence-corrected chi connectivity index (χ0v) is 36.6. The Labute approximate surface area is 380 Å². The van der Waals surface area contributed by atoms with Crippen LogP contribution in [0.4, 0.5) is 0 Å². The van der Waals surface area contributed by atoms with Gasteiger partial charge in [-0.2, -0.15) is 7.11 Å². The van der Waals surface area contributed by atoms with Crippen molar-refractivity contribution in [2.75, 3.05) is 0 Å². The molecule has 0 fully saturated rings. The van der Waals surface area contributed by atoms with E-state index in [-0.39, 0.29) is 54.4 Å². The van der Waals surface area contributed by atoms with Gasteiger partial charge in [-0.3, -0.25) is 9.55 Å². The quantitative estimate of drug-likeness (QED) is 0.149. The van der Waals surface area contributed by atoms with Crippen LogP contribution in [0.2, 0.25) is 0 Å². The smallest absolute Gasteiger partial charge is 0.665 e. The summed E-state index contributed by atoms with van der Waals surface area (Å²) in [6.07, 6.45) is -0.547. The van der Waals surface area contributed by atoms with E-state index in [4.69, 9.17) is 23.4 Å². The molecule has 0 aliphatic rings. The summed E-state index contributed by atoms with van der Waals surface area (Å²) in [4.78, 5) is 9.85. The number of nitrogens with zero attached hydrogens (tertiary/aromatic N) is 3. The van der Waals surface area contributed by atoms with E-state index >= 15 is 0 Å². The summed E-state index contributed by atoms with van der Waals surface area (Å²) in [5.74, 6) is 0.998. The first-order valence-corrected chi connectivity index (χ1v) is 19.2. The van der Waals surface area contributed by atoms with Crippen LogP contribution in [-0.4, -0.2) is 14.5 Å². The van der Waals surface area contributed by atoms with Gasteiger partial charge in [-0.15, -0.1) is 29.3 Å². The minimum absolute atomic E-state index is 0. The molecule has 59 heavy (non-hydrogen) atoms. The van der Waals surface area contributed by atoms with Crippen LogP contribution in [0, 0.1) is 33.9 Å². The SMILES string of the molecule is [2H]c1nc(-c2[c-]c(-c3cccc4c3nc(-c3cc(C)cc(C)c3O[CH2-])n4-c3ccc(C([2H])([2H])[2H])cc3-c3ccc(C(C)(C)C)cc3)cc(C(C)(C)C)c2)c([2H])c(-c2c([2H])c([2H])c([2H])c([2H])c2[2H])c1[2H].[Pt+2]. The maximum Gasteiger partial charge on any atom is 2.00 e. The van der Waals surface area contributed by atoms with Crippen LogP contribution >= 0.6 is 0 Å². The molecule has 5 heteroatoms. The Bertz CT molecular complexity index is 3360. The van der Waals surface area contributed by atoms with Crippen LogP contribution in [0.25, 0.3) is 72.7 Å². The van der Waals surface area contributed by atoms with E-state index in [0.717, 1.165) is 27.8 Å². The number of pyridine rings is 1. The average Bonchev–Trinajstić information content (AvgIpc) is 3.68. The molecule has 2 heterocycles. The monoisotopic (exact) mass is 963 g/mol. The van der Waals surface area contributed by atoms with E-state index in [0.29, 0.717) is 50.5 Å². The van der Waals surface area contributed by atoms with Gasteiger partial charge in [0.05, 0.1) is 39.0 Å². The molecule has 0 saturated carbocycles. The predicted octanol–water partition coefficient (Wildman–Crippen LogP) is 14.2. The minimum atomic E-state index is -2.40. The van der Waals surface area contributed by atoms with Gasteiger partial charge in [0.15, 0.2) is 0 Å². The summed E-state index contributed by atoms with van der Waals surface area (Å²) >= 11 is 0. The van der Waals surface area contributed by atoms with Gasteiger partial charge in [0.1, 0.15) is 5.82 Å². The van der Waals surface area contributed by atoms with Crippen molar-refractivity contribution in [3.05, 3.63) is 174 Å². The molecule has 0 aliphatic carbocycles. The van der Waals surface area contributed by atoms with Gasteiger partial charge in [-0.25, -0.2) is 4.98 Å². The van der Waals surface area contributed by atoms with E-state index in [1.807, 2.05) is 93.8 Å². The first-order chi connectivity index (χ1) is 32.2. The Hall–Kier alpha value is -5.57. The number of benzene rings is 6. The van der Waals surface area contributed by atoms with E-state index in [9.17, 15) is 1.37 Å². The number of para-hydroxylation sites is 1. The van der Waals surface area contributed by atoms with E-state index in [1.165, 1.54) is 0 Å². The molecule has 0 aliphatic heterocycles. The molecule has 0 saturated heterocycles. The molecule has 0 spiro atoms. The Morgan fingerprint density at radius 1 is 0.712 bits per heavy atom. The summed E-state index contributed by atoms with van der Waals surface area (Å²) in [7, 11) is 3.82. The molecule has 0 amide bonds. The molecule has 0 radical (unpaired) electrons. The van der Waals surface area contributed by atoms with Crippen LogP contribution in [0.1, 0.15) is 84.4 Å². The van der Waals surface area contributed by atoms with Gasteiger partial charge in [-0.05, 0) is 95.2 Å². The van der Waals surface area contributed by atoms with Crippen LogP contribution in [0.3, 0.4) is 0 Å². The number of aryl methyl sites for hydroxylation is 3. The molecule has 298 valence electrons. The van der Waals surface area contributed by atoms with Crippen molar-refractivity contribution in [2.24, 2.45) is 0 Å². The average molecular weight is 964 g/mol. The Kier molecular flexibility index (Phi) is 8.15. The molecule has 6 aromatic carbocycles. The largest absolute Gasteiger partial charge is 2.00 e. The summed E-state index contributed by atoms with van der Waals surface area (Å²) in [6, 6.07) is 26.3. The molecule has 0 atom stereocenters. The summed E-state index contributed by atoms with van der Waals surface area (Å²) in [5.41, 5.74) is 7.97. The molecule has 8 rings (SSSR count). The number of ether oxygens (including phenoxy) is 1. The predicted molar refractivity (Wildman–Crippen MR) is 242 cm³/mol. The number of imidazole rings is 1. The summed E-state index contributed by atoms with van der Waals surface area (Å²) in [6.45, 7) is 14.0. The zero-order valence-electron chi connectivity index (χ0n) is 45.4. The van der Waals surface area contributed by atoms with Crippen molar-refractivity contribution in [3.8, 4) is 67.5 Å². The number of aromatic nitrogens is 3. The minimum Gasteiger partial charge on any atom is -0.665 e. The molecule has 0 N–H and O–H groups in total. The van der Waals surface area contributed by atoms with E-state index in [2.05, 4.69) is 51.1 Å². The number of hydrogen-bond donors (Lipinski definition) is 0. The molecular formula is C54H51N3OPt. The van der Waals surface area contributed by atoms with Gasteiger partial charge in [0.2, 0.25) is 0 Å². The standard InChI is InChI=1S/C54H51N3O.Pt/c1-34-19-24-48(45(28-34)38-20-22-42(23-21-38)53(4,5)6)57-49-18-14-17-44(50(49)56-52(57)46-29-35(2)27-36(3)51(46)58-10)40-30-41(32-43(31-40)54(7,8)9)47-33-39(25-26-55-47)37-15-12-11-13-16-37;/h11-29,31-33H,10H2,1-9H3;/q-2;+2/i1D3,11D,12D,13D,15D,16D,25D,26D,33D;. The van der Waals surface area contributed by atoms with Crippen molar-refractivity contribution >= 4 is 11.0 Å². The Morgan fingerprint density at radius 3 is 2.12 bits per heavy atom. The fraction of sp³-hybridized carbons (Fsp3) is 0.204. The number of fused-ring (bicyclic) bond motifs is 1. The number of rotatable bonds is 7. The van der Waals surface area contributed by atoms with Gasteiger partial charge >= 0.3 is 21.1 Å². The van der Waals surface area contributed by atoms with Crippen molar-refractivity contribution < 1.29 is 40.9 Å². The molecule has 4 nitrogen and oxygen atoms in total. The maximum atomic E-state index is 9.47. The van der Waals surface area contributed by atoms with Gasteiger partial charge in [-0.1, -0.05) is 143 Å². The summed E-state index contributed by atoms with van der Waals surface area (Å²) in [5, 5.41) is 0. The van der Waals surface area contributed by atoms with E-state index in [1.54, 1.807) is 18.2 Å². The van der Waals surface area contributed by atoms with Crippen LogP contribution < -0.4 is 4.74 Å². The normalized spacial score (nSPS) is 14.6. The molecular weight excluding hydrogens is 902 g/mol. The molecule has 0 unspecified atom stereocenters. The second-order valence-corrected chi connectivity index (χ2v) is 16.7. The van der Waals surface area contributed by atoms with Gasteiger partial charge in [0.25, 0.3) is 0 Å². The molecule has 8 aromatic rings. The van der Waals surface area contributed by atoms with Crippen molar-refractivity contribution in [2.45, 2.75) is 73.1 Å². The maximum absolute atomic E-state index is 9.47. The molecule has 2 aromatic heterocycles. The first-order valence-electron chi connectivity index (χ1n) is 24.7.